The Bertz CT molecular complexity index is 3330. The number of rotatable bonds is 5. The first-order valence-electron chi connectivity index (χ1n) is 19.3. The van der Waals surface area contributed by atoms with Crippen LogP contribution in [0.25, 0.3) is 76.9 Å². The van der Waals surface area contributed by atoms with Gasteiger partial charge in [-0.05, 0) is 77.4 Å². The maximum absolute atomic E-state index is 6.77. The van der Waals surface area contributed by atoms with Crippen molar-refractivity contribution in [1.82, 2.24) is 4.57 Å². The van der Waals surface area contributed by atoms with E-state index >= 15 is 0 Å². The predicted molar refractivity (Wildman–Crippen MR) is 232 cm³/mol. The summed E-state index contributed by atoms with van der Waals surface area (Å²) in [4.78, 5) is 2.50. The second-order valence-corrected chi connectivity index (χ2v) is 14.8. The van der Waals surface area contributed by atoms with Gasteiger partial charge in [0.2, 0.25) is 0 Å². The number of para-hydroxylation sites is 5. The highest BCUT2D eigenvalue weighted by atomic mass is 16.3. The van der Waals surface area contributed by atoms with Crippen LogP contribution < -0.4 is 4.90 Å². The largest absolute Gasteiger partial charge is 0.456 e. The minimum Gasteiger partial charge on any atom is -0.456 e. The van der Waals surface area contributed by atoms with Crippen LogP contribution >= 0.6 is 0 Å². The van der Waals surface area contributed by atoms with Crippen molar-refractivity contribution in [2.45, 2.75) is 6.04 Å². The van der Waals surface area contributed by atoms with Crippen LogP contribution in [0.2, 0.25) is 0 Å². The van der Waals surface area contributed by atoms with Crippen molar-refractivity contribution in [1.29, 1.82) is 0 Å². The first-order chi connectivity index (χ1) is 27.8. The lowest BCUT2D eigenvalue weighted by molar-refractivity contribution is 0.631. The molecule has 2 unspecified atom stereocenters. The van der Waals surface area contributed by atoms with Crippen LogP contribution in [0.4, 0.5) is 11.4 Å². The monoisotopic (exact) mass is 718 g/mol. The van der Waals surface area contributed by atoms with Crippen molar-refractivity contribution < 1.29 is 8.83 Å². The van der Waals surface area contributed by atoms with Gasteiger partial charge in [-0.2, -0.15) is 0 Å². The summed E-state index contributed by atoms with van der Waals surface area (Å²) >= 11 is 0. The number of benzene rings is 7. The molecule has 0 aliphatic heterocycles. The zero-order valence-corrected chi connectivity index (χ0v) is 30.3. The van der Waals surface area contributed by atoms with Crippen LogP contribution in [0.5, 0.6) is 0 Å². The van der Waals surface area contributed by atoms with Gasteiger partial charge in [0, 0.05) is 49.6 Å². The molecule has 0 saturated heterocycles. The van der Waals surface area contributed by atoms with Crippen molar-refractivity contribution in [2.24, 2.45) is 5.92 Å². The van der Waals surface area contributed by atoms with E-state index in [4.69, 9.17) is 8.83 Å². The first kappa shape index (κ1) is 31.1. The molecule has 4 nitrogen and oxygen atoms in total. The fraction of sp³-hybridized carbons (Fsp3) is 0.0385. The molecule has 7 aromatic carbocycles. The number of nitrogens with zero attached hydrogens (tertiary/aromatic N) is 2. The van der Waals surface area contributed by atoms with Gasteiger partial charge in [-0.1, -0.05) is 134 Å². The Morgan fingerprint density at radius 3 is 2.05 bits per heavy atom. The van der Waals surface area contributed by atoms with Gasteiger partial charge in [-0.3, -0.25) is 0 Å². The van der Waals surface area contributed by atoms with Crippen molar-refractivity contribution in [3.63, 3.8) is 0 Å². The number of hydrogen-bond donors (Lipinski definition) is 0. The Kier molecular flexibility index (Phi) is 6.72. The smallest absolute Gasteiger partial charge is 0.159 e. The lowest BCUT2D eigenvalue weighted by Gasteiger charge is -2.40. The predicted octanol–water partition coefficient (Wildman–Crippen LogP) is 13.9. The number of hydrogen-bond acceptors (Lipinski definition) is 3. The van der Waals surface area contributed by atoms with E-state index in [0.29, 0.717) is 0 Å². The number of aromatic nitrogens is 1. The van der Waals surface area contributed by atoms with Crippen LogP contribution in [0.1, 0.15) is 5.56 Å². The highest BCUT2D eigenvalue weighted by Gasteiger charge is 2.34. The van der Waals surface area contributed by atoms with Crippen molar-refractivity contribution in [2.75, 3.05) is 4.90 Å². The molecule has 0 fully saturated rings. The Hall–Kier alpha value is -7.30. The molecule has 3 aromatic heterocycles. The number of anilines is 2. The lowest BCUT2D eigenvalue weighted by Crippen LogP contribution is -2.38. The molecular formula is C52H34N2O2. The summed E-state index contributed by atoms with van der Waals surface area (Å²) in [5.74, 6) is 0.0571. The number of fused-ring (bicyclic) bond motifs is 10. The Morgan fingerprint density at radius 2 is 1.18 bits per heavy atom. The lowest BCUT2D eigenvalue weighted by atomic mass is 9.78. The molecule has 12 rings (SSSR count). The van der Waals surface area contributed by atoms with E-state index in [2.05, 4.69) is 185 Å². The second-order valence-electron chi connectivity index (χ2n) is 14.8. The molecule has 3 heterocycles. The molecule has 264 valence electrons. The molecule has 56 heavy (non-hydrogen) atoms. The molecule has 0 N–H and O–H groups in total. The van der Waals surface area contributed by atoms with Gasteiger partial charge in [0.1, 0.15) is 16.7 Å². The first-order valence-corrected chi connectivity index (χ1v) is 19.3. The van der Waals surface area contributed by atoms with Crippen LogP contribution in [-0.4, -0.2) is 10.6 Å². The maximum atomic E-state index is 6.77. The molecule has 0 amide bonds. The maximum Gasteiger partial charge on any atom is 0.159 e. The van der Waals surface area contributed by atoms with E-state index in [0.717, 1.165) is 72.0 Å². The SMILES string of the molecule is C1=CC2=C(c3ccc4c(c3)oc3ccccc34)C=CC(N(c3ccc4c5ccccc5n(-c5ccccc5)c4c3)c3cccc4c3oc3ccccc34)C2C=C1. The van der Waals surface area contributed by atoms with Crippen LogP contribution in [0.3, 0.4) is 0 Å². The molecule has 2 aliphatic carbocycles. The minimum atomic E-state index is -0.0595. The molecule has 2 atom stereocenters. The molecule has 10 aromatic rings. The van der Waals surface area contributed by atoms with Crippen molar-refractivity contribution in [3.8, 4) is 5.69 Å². The average molecular weight is 719 g/mol. The molecule has 0 spiro atoms. The highest BCUT2D eigenvalue weighted by Crippen LogP contribution is 2.46. The third kappa shape index (κ3) is 4.59. The summed E-state index contributed by atoms with van der Waals surface area (Å²) < 4.78 is 15.5. The molecule has 2 aliphatic rings. The van der Waals surface area contributed by atoms with E-state index in [1.54, 1.807) is 0 Å². The highest BCUT2D eigenvalue weighted by molar-refractivity contribution is 6.12. The van der Waals surface area contributed by atoms with E-state index in [1.807, 2.05) is 18.2 Å². The molecule has 0 saturated carbocycles. The molecule has 0 radical (unpaired) electrons. The van der Waals surface area contributed by atoms with E-state index in [9.17, 15) is 0 Å². The Labute approximate surface area is 322 Å². The quantitative estimate of drug-likeness (QED) is 0.178. The van der Waals surface area contributed by atoms with Gasteiger partial charge in [0.05, 0.1) is 22.8 Å². The third-order valence-corrected chi connectivity index (χ3v) is 11.8. The van der Waals surface area contributed by atoms with Gasteiger partial charge in [0.15, 0.2) is 5.58 Å². The summed E-state index contributed by atoms with van der Waals surface area (Å²) in [6.07, 6.45) is 13.7. The molecule has 0 bridgehead atoms. The molecule has 4 heteroatoms. The standard InChI is InChI=1S/C52H34N2O2/c1-2-13-34(14-3-1)53-45-21-9-6-17-39(45)40-28-26-35(32-48(40)53)54(47-22-12-20-44-42-19-8-11-24-50(42)56-52(44)47)46-30-29-36(37-15-4-5-16-38(37)46)33-25-27-43-41-18-7-10-23-49(41)55-51(43)31-33/h1-32,38,46H. The van der Waals surface area contributed by atoms with E-state index in [-0.39, 0.29) is 12.0 Å². The van der Waals surface area contributed by atoms with Gasteiger partial charge >= 0.3 is 0 Å². The summed E-state index contributed by atoms with van der Waals surface area (Å²) in [5.41, 5.74) is 12.8. The zero-order chi connectivity index (χ0) is 36.7. The van der Waals surface area contributed by atoms with Crippen LogP contribution in [0, 0.1) is 5.92 Å². The van der Waals surface area contributed by atoms with Gasteiger partial charge in [0.25, 0.3) is 0 Å². The Morgan fingerprint density at radius 1 is 0.482 bits per heavy atom. The normalized spacial score (nSPS) is 16.6. The Balaban J connectivity index is 1.08. The van der Waals surface area contributed by atoms with Crippen LogP contribution in [0.15, 0.2) is 209 Å². The zero-order valence-electron chi connectivity index (χ0n) is 30.3. The van der Waals surface area contributed by atoms with E-state index in [1.165, 1.54) is 27.4 Å². The van der Waals surface area contributed by atoms with E-state index < -0.39 is 0 Å². The summed E-state index contributed by atoms with van der Waals surface area (Å²) in [6, 6.07) is 56.1. The van der Waals surface area contributed by atoms with Gasteiger partial charge in [-0.25, -0.2) is 0 Å². The molecular weight excluding hydrogens is 685 g/mol. The fourth-order valence-electron chi connectivity index (χ4n) is 9.30. The number of furan rings is 2. The minimum absolute atomic E-state index is 0.0571. The van der Waals surface area contributed by atoms with Crippen molar-refractivity contribution >= 4 is 82.6 Å². The average Bonchev–Trinajstić information content (AvgIpc) is 3.93. The van der Waals surface area contributed by atoms with Gasteiger partial charge < -0.3 is 18.3 Å². The summed E-state index contributed by atoms with van der Waals surface area (Å²) in [6.45, 7) is 0. The summed E-state index contributed by atoms with van der Waals surface area (Å²) in [5, 5.41) is 6.96. The third-order valence-electron chi connectivity index (χ3n) is 11.8. The van der Waals surface area contributed by atoms with Crippen molar-refractivity contribution in [3.05, 3.63) is 205 Å². The topological polar surface area (TPSA) is 34.5 Å². The summed E-state index contributed by atoms with van der Waals surface area (Å²) in [7, 11) is 0. The fourth-order valence-corrected chi connectivity index (χ4v) is 9.30. The van der Waals surface area contributed by atoms with Crippen LogP contribution in [-0.2, 0) is 0 Å². The second kappa shape index (κ2) is 12.1. The van der Waals surface area contributed by atoms with Gasteiger partial charge in [-0.15, -0.1) is 0 Å². The number of allylic oxidation sites excluding steroid dienone is 5.